The fraction of sp³-hybridized carbons (Fsp3) is 0.308. The van der Waals surface area contributed by atoms with Gasteiger partial charge in [-0.1, -0.05) is 0 Å². The Morgan fingerprint density at radius 2 is 2.21 bits per heavy atom. The van der Waals surface area contributed by atoms with Crippen molar-refractivity contribution in [3.05, 3.63) is 41.5 Å². The van der Waals surface area contributed by atoms with E-state index in [1.807, 2.05) is 13.2 Å². The van der Waals surface area contributed by atoms with Crippen molar-refractivity contribution in [3.8, 4) is 0 Å². The van der Waals surface area contributed by atoms with Gasteiger partial charge in [0, 0.05) is 32.4 Å². The molecule has 1 amide bonds. The molecule has 0 aromatic carbocycles. The first-order chi connectivity index (χ1) is 8.97. The number of hydrogen-bond donors (Lipinski definition) is 1. The molecule has 2 N–H and O–H groups in total. The van der Waals surface area contributed by atoms with E-state index in [9.17, 15) is 4.79 Å². The van der Waals surface area contributed by atoms with Crippen molar-refractivity contribution in [1.82, 2.24) is 19.7 Å². The van der Waals surface area contributed by atoms with Crippen LogP contribution in [0.15, 0.2) is 24.7 Å². The topological polar surface area (TPSA) is 77.0 Å². The monoisotopic (exact) mass is 259 g/mol. The van der Waals surface area contributed by atoms with E-state index >= 15 is 0 Å². The van der Waals surface area contributed by atoms with Gasteiger partial charge in [-0.15, -0.1) is 0 Å². The highest BCUT2D eigenvalue weighted by Gasteiger charge is 2.16. The third-order valence-corrected chi connectivity index (χ3v) is 2.86. The summed E-state index contributed by atoms with van der Waals surface area (Å²) in [6.07, 6.45) is 5.18. The molecule has 2 aromatic rings. The fourth-order valence-electron chi connectivity index (χ4n) is 1.87. The lowest BCUT2D eigenvalue weighted by Crippen LogP contribution is -2.27. The van der Waals surface area contributed by atoms with Gasteiger partial charge in [-0.05, 0) is 13.0 Å². The zero-order chi connectivity index (χ0) is 14.0. The van der Waals surface area contributed by atoms with Gasteiger partial charge in [0.2, 0.25) is 0 Å². The van der Waals surface area contributed by atoms with Crippen LogP contribution >= 0.6 is 0 Å². The van der Waals surface area contributed by atoms with Gasteiger partial charge in [0.1, 0.15) is 0 Å². The number of aryl methyl sites for hydroxylation is 2. The SMILES string of the molecule is Cc1ncc(N)cc1C(=O)N(C)Cc1cnn(C)c1. The van der Waals surface area contributed by atoms with Crippen LogP contribution < -0.4 is 5.73 Å². The largest absolute Gasteiger partial charge is 0.397 e. The first-order valence-electron chi connectivity index (χ1n) is 5.92. The van der Waals surface area contributed by atoms with E-state index in [1.54, 1.807) is 42.0 Å². The van der Waals surface area contributed by atoms with Crippen LogP contribution in [-0.4, -0.2) is 32.6 Å². The number of hydrogen-bond acceptors (Lipinski definition) is 4. The summed E-state index contributed by atoms with van der Waals surface area (Å²) >= 11 is 0. The molecule has 2 heterocycles. The minimum Gasteiger partial charge on any atom is -0.397 e. The number of aromatic nitrogens is 3. The maximum atomic E-state index is 12.3. The number of anilines is 1. The Labute approximate surface area is 111 Å². The quantitative estimate of drug-likeness (QED) is 0.891. The Hall–Kier alpha value is -2.37. The van der Waals surface area contributed by atoms with Crippen molar-refractivity contribution in [2.45, 2.75) is 13.5 Å². The summed E-state index contributed by atoms with van der Waals surface area (Å²) in [4.78, 5) is 18.1. The highest BCUT2D eigenvalue weighted by atomic mass is 16.2. The third-order valence-electron chi connectivity index (χ3n) is 2.86. The molecule has 0 atom stereocenters. The van der Waals surface area contributed by atoms with E-state index in [0.29, 0.717) is 23.5 Å². The standard InChI is InChI=1S/C13H17N5O/c1-9-12(4-11(14)6-15-9)13(19)17(2)7-10-5-16-18(3)8-10/h4-6,8H,7,14H2,1-3H3. The molecule has 0 spiro atoms. The van der Waals surface area contributed by atoms with E-state index < -0.39 is 0 Å². The predicted octanol–water partition coefficient (Wildman–Crippen LogP) is 0.978. The van der Waals surface area contributed by atoms with Gasteiger partial charge in [-0.2, -0.15) is 5.10 Å². The summed E-state index contributed by atoms with van der Waals surface area (Å²) in [6.45, 7) is 2.30. The van der Waals surface area contributed by atoms with Crippen LogP contribution in [0.1, 0.15) is 21.6 Å². The molecule has 0 saturated heterocycles. The van der Waals surface area contributed by atoms with Crippen LogP contribution in [0.2, 0.25) is 0 Å². The molecule has 0 bridgehead atoms. The van der Waals surface area contributed by atoms with Gasteiger partial charge >= 0.3 is 0 Å². The average Bonchev–Trinajstić information content (AvgIpc) is 2.77. The van der Waals surface area contributed by atoms with Crippen LogP contribution in [0.4, 0.5) is 5.69 Å². The van der Waals surface area contributed by atoms with Crippen molar-refractivity contribution < 1.29 is 4.79 Å². The Morgan fingerprint density at radius 3 is 2.84 bits per heavy atom. The predicted molar refractivity (Wildman–Crippen MR) is 72.4 cm³/mol. The maximum Gasteiger partial charge on any atom is 0.255 e. The highest BCUT2D eigenvalue weighted by molar-refractivity contribution is 5.95. The maximum absolute atomic E-state index is 12.3. The van der Waals surface area contributed by atoms with Gasteiger partial charge in [0.25, 0.3) is 5.91 Å². The lowest BCUT2D eigenvalue weighted by Gasteiger charge is -2.17. The van der Waals surface area contributed by atoms with Crippen molar-refractivity contribution in [2.75, 3.05) is 12.8 Å². The van der Waals surface area contributed by atoms with Crippen molar-refractivity contribution in [3.63, 3.8) is 0 Å². The molecule has 0 saturated carbocycles. The smallest absolute Gasteiger partial charge is 0.255 e. The second-order valence-corrected chi connectivity index (χ2v) is 4.59. The molecule has 0 radical (unpaired) electrons. The zero-order valence-electron chi connectivity index (χ0n) is 11.3. The Kier molecular flexibility index (Phi) is 3.50. The molecular weight excluding hydrogens is 242 g/mol. The lowest BCUT2D eigenvalue weighted by atomic mass is 10.1. The van der Waals surface area contributed by atoms with Crippen molar-refractivity contribution in [1.29, 1.82) is 0 Å². The van der Waals surface area contributed by atoms with E-state index in [0.717, 1.165) is 5.56 Å². The molecule has 0 aliphatic heterocycles. The molecule has 2 rings (SSSR count). The Bertz CT molecular complexity index is 605. The van der Waals surface area contributed by atoms with E-state index in [2.05, 4.69) is 10.1 Å². The summed E-state index contributed by atoms with van der Waals surface area (Å²) < 4.78 is 1.71. The van der Waals surface area contributed by atoms with Crippen LogP contribution in [0.3, 0.4) is 0 Å². The van der Waals surface area contributed by atoms with Crippen molar-refractivity contribution in [2.24, 2.45) is 7.05 Å². The minimum atomic E-state index is -0.0962. The van der Waals surface area contributed by atoms with E-state index in [1.165, 1.54) is 0 Å². The molecule has 6 heteroatoms. The number of amides is 1. The van der Waals surface area contributed by atoms with Crippen LogP contribution in [0.25, 0.3) is 0 Å². The highest BCUT2D eigenvalue weighted by Crippen LogP contribution is 2.13. The molecule has 0 aliphatic carbocycles. The number of rotatable bonds is 3. The molecule has 100 valence electrons. The molecule has 19 heavy (non-hydrogen) atoms. The molecule has 2 aromatic heterocycles. The third kappa shape index (κ3) is 2.90. The van der Waals surface area contributed by atoms with E-state index in [-0.39, 0.29) is 5.91 Å². The summed E-state index contributed by atoms with van der Waals surface area (Å²) in [6, 6.07) is 1.66. The number of nitrogens with zero attached hydrogens (tertiary/aromatic N) is 4. The average molecular weight is 259 g/mol. The first kappa shape index (κ1) is 13.1. The molecule has 0 fully saturated rings. The summed E-state index contributed by atoms with van der Waals surface area (Å²) in [5, 5.41) is 4.08. The second kappa shape index (κ2) is 5.09. The summed E-state index contributed by atoms with van der Waals surface area (Å²) in [7, 11) is 3.59. The van der Waals surface area contributed by atoms with Crippen molar-refractivity contribution >= 4 is 11.6 Å². The Balaban J connectivity index is 2.16. The normalized spacial score (nSPS) is 10.5. The van der Waals surface area contributed by atoms with Gasteiger partial charge in [-0.25, -0.2) is 0 Å². The zero-order valence-corrected chi connectivity index (χ0v) is 11.3. The lowest BCUT2D eigenvalue weighted by molar-refractivity contribution is 0.0784. The second-order valence-electron chi connectivity index (χ2n) is 4.59. The minimum absolute atomic E-state index is 0.0962. The fourth-order valence-corrected chi connectivity index (χ4v) is 1.87. The van der Waals surface area contributed by atoms with Crippen LogP contribution in [0, 0.1) is 6.92 Å². The Morgan fingerprint density at radius 1 is 1.47 bits per heavy atom. The molecule has 0 unspecified atom stereocenters. The van der Waals surface area contributed by atoms with Crippen LogP contribution in [-0.2, 0) is 13.6 Å². The van der Waals surface area contributed by atoms with Gasteiger partial charge in [-0.3, -0.25) is 14.5 Å². The first-order valence-corrected chi connectivity index (χ1v) is 5.92. The van der Waals surface area contributed by atoms with Gasteiger partial charge in [0.15, 0.2) is 0 Å². The number of pyridine rings is 1. The summed E-state index contributed by atoms with van der Waals surface area (Å²) in [5.74, 6) is -0.0962. The van der Waals surface area contributed by atoms with Gasteiger partial charge in [0.05, 0.1) is 29.3 Å². The van der Waals surface area contributed by atoms with Gasteiger partial charge < -0.3 is 10.6 Å². The number of nitrogen functional groups attached to an aromatic ring is 1. The molecular formula is C13H17N5O. The summed E-state index contributed by atoms with van der Waals surface area (Å²) in [5.41, 5.74) is 8.36. The molecule has 0 aliphatic rings. The number of carbonyl (C=O) groups excluding carboxylic acids is 1. The van der Waals surface area contributed by atoms with Crippen LogP contribution in [0.5, 0.6) is 0 Å². The van der Waals surface area contributed by atoms with E-state index in [4.69, 9.17) is 5.73 Å². The molecule has 6 nitrogen and oxygen atoms in total. The number of carbonyl (C=O) groups is 1. The number of nitrogens with two attached hydrogens (primary N) is 1.